The van der Waals surface area contributed by atoms with Gasteiger partial charge in [-0.15, -0.1) is 0 Å². The summed E-state index contributed by atoms with van der Waals surface area (Å²) in [5, 5.41) is 6.42. The Kier molecular flexibility index (Phi) is 6.07. The number of aromatic nitrogens is 1. The van der Waals surface area contributed by atoms with Crippen LogP contribution in [0.15, 0.2) is 34.7 Å². The Labute approximate surface area is 166 Å². The molecule has 2 atom stereocenters. The van der Waals surface area contributed by atoms with Gasteiger partial charge in [-0.1, -0.05) is 18.2 Å². The number of hydrogen-bond donors (Lipinski definition) is 2. The lowest BCUT2D eigenvalue weighted by molar-refractivity contribution is -0.123. The van der Waals surface area contributed by atoms with Crippen molar-refractivity contribution in [2.24, 2.45) is 5.92 Å². The highest BCUT2D eigenvalue weighted by molar-refractivity contribution is 5.81. The molecule has 1 amide bonds. The number of benzene rings is 1. The molecular weight excluding hydrogens is 352 g/mol. The van der Waals surface area contributed by atoms with Gasteiger partial charge in [-0.2, -0.15) is 0 Å². The first kappa shape index (κ1) is 19.2. The molecule has 1 aromatic carbocycles. The summed E-state index contributed by atoms with van der Waals surface area (Å²) in [5.41, 5.74) is 2.02. The Morgan fingerprint density at radius 3 is 2.93 bits per heavy atom. The van der Waals surface area contributed by atoms with E-state index in [0.29, 0.717) is 11.8 Å². The fourth-order valence-corrected chi connectivity index (χ4v) is 4.23. The van der Waals surface area contributed by atoms with E-state index in [-0.39, 0.29) is 11.9 Å². The van der Waals surface area contributed by atoms with E-state index >= 15 is 0 Å². The second-order valence-electron chi connectivity index (χ2n) is 8.03. The van der Waals surface area contributed by atoms with Crippen molar-refractivity contribution < 1.29 is 9.21 Å². The minimum absolute atomic E-state index is 0.00822. The van der Waals surface area contributed by atoms with Crippen LogP contribution < -0.4 is 10.6 Å². The first-order valence-electron chi connectivity index (χ1n) is 10.4. The maximum absolute atomic E-state index is 12.2. The number of hydrogen-bond acceptors (Lipinski definition) is 5. The minimum Gasteiger partial charge on any atom is -0.441 e. The molecular formula is C22H30N4O2. The molecule has 0 aliphatic carbocycles. The van der Waals surface area contributed by atoms with Crippen molar-refractivity contribution >= 4 is 5.91 Å². The molecule has 2 fully saturated rings. The van der Waals surface area contributed by atoms with Gasteiger partial charge in [0, 0.05) is 25.2 Å². The fraction of sp³-hybridized carbons (Fsp3) is 0.545. The number of amides is 1. The van der Waals surface area contributed by atoms with Crippen LogP contribution in [-0.2, 0) is 11.3 Å². The third-order valence-corrected chi connectivity index (χ3v) is 5.83. The summed E-state index contributed by atoms with van der Waals surface area (Å²) in [4.78, 5) is 19.4. The average molecular weight is 383 g/mol. The van der Waals surface area contributed by atoms with E-state index in [1.807, 2.05) is 37.3 Å². The molecule has 4 rings (SSSR count). The zero-order chi connectivity index (χ0) is 19.3. The van der Waals surface area contributed by atoms with Crippen LogP contribution in [0.4, 0.5) is 0 Å². The standard InChI is InChI=1S/C22H30N4O2/c1-16-20(25-22(28-16)18-8-3-2-4-9-18)15-26-12-6-7-17(14-26)13-24-21(27)19-10-5-11-23-19/h2-4,8-9,17,19,23H,5-7,10-15H2,1H3,(H,24,27). The zero-order valence-electron chi connectivity index (χ0n) is 16.6. The van der Waals surface area contributed by atoms with Crippen molar-refractivity contribution in [2.45, 2.75) is 45.2 Å². The molecule has 2 unspecified atom stereocenters. The number of piperidine rings is 1. The fourth-order valence-electron chi connectivity index (χ4n) is 4.23. The van der Waals surface area contributed by atoms with Crippen LogP contribution in [0, 0.1) is 12.8 Å². The number of likely N-dealkylation sites (tertiary alicyclic amines) is 1. The maximum atomic E-state index is 12.2. The van der Waals surface area contributed by atoms with Gasteiger partial charge in [-0.3, -0.25) is 9.69 Å². The summed E-state index contributed by atoms with van der Waals surface area (Å²) < 4.78 is 5.90. The van der Waals surface area contributed by atoms with Crippen LogP contribution in [0.2, 0.25) is 0 Å². The highest BCUT2D eigenvalue weighted by Gasteiger charge is 2.25. The van der Waals surface area contributed by atoms with E-state index in [1.54, 1.807) is 0 Å². The van der Waals surface area contributed by atoms with E-state index < -0.39 is 0 Å². The summed E-state index contributed by atoms with van der Waals surface area (Å²) in [6.07, 6.45) is 4.38. The van der Waals surface area contributed by atoms with Crippen LogP contribution in [0.5, 0.6) is 0 Å². The molecule has 0 bridgehead atoms. The van der Waals surface area contributed by atoms with E-state index in [9.17, 15) is 4.79 Å². The largest absolute Gasteiger partial charge is 0.441 e. The number of rotatable bonds is 6. The van der Waals surface area contributed by atoms with Gasteiger partial charge in [-0.25, -0.2) is 4.98 Å². The quantitative estimate of drug-likeness (QED) is 0.804. The predicted molar refractivity (Wildman–Crippen MR) is 109 cm³/mol. The Hall–Kier alpha value is -2.18. The third-order valence-electron chi connectivity index (χ3n) is 5.83. The second-order valence-corrected chi connectivity index (χ2v) is 8.03. The molecule has 6 nitrogen and oxygen atoms in total. The van der Waals surface area contributed by atoms with Gasteiger partial charge >= 0.3 is 0 Å². The molecule has 2 N–H and O–H groups in total. The van der Waals surface area contributed by atoms with Gasteiger partial charge in [0.25, 0.3) is 0 Å². The average Bonchev–Trinajstić information content (AvgIpc) is 3.38. The smallest absolute Gasteiger partial charge is 0.237 e. The molecule has 0 radical (unpaired) electrons. The van der Waals surface area contributed by atoms with Crippen LogP contribution in [0.1, 0.15) is 37.1 Å². The normalized spacial score (nSPS) is 23.0. The monoisotopic (exact) mass is 382 g/mol. The van der Waals surface area contributed by atoms with Crippen molar-refractivity contribution in [3.63, 3.8) is 0 Å². The van der Waals surface area contributed by atoms with Crippen molar-refractivity contribution in [1.82, 2.24) is 20.5 Å². The summed E-state index contributed by atoms with van der Waals surface area (Å²) in [6, 6.07) is 10.0. The lowest BCUT2D eigenvalue weighted by atomic mass is 9.97. The van der Waals surface area contributed by atoms with Gasteiger partial charge in [-0.05, 0) is 63.7 Å². The number of aryl methyl sites for hydroxylation is 1. The van der Waals surface area contributed by atoms with Gasteiger partial charge in [0.15, 0.2) is 0 Å². The third kappa shape index (κ3) is 4.62. The van der Waals surface area contributed by atoms with Crippen LogP contribution in [-0.4, -0.2) is 48.0 Å². The number of carbonyl (C=O) groups excluding carboxylic acids is 1. The van der Waals surface area contributed by atoms with Gasteiger partial charge in [0.05, 0.1) is 11.7 Å². The van der Waals surface area contributed by atoms with Crippen LogP contribution >= 0.6 is 0 Å². The van der Waals surface area contributed by atoms with Crippen molar-refractivity contribution in [2.75, 3.05) is 26.2 Å². The van der Waals surface area contributed by atoms with Crippen molar-refractivity contribution in [1.29, 1.82) is 0 Å². The second kappa shape index (κ2) is 8.88. The summed E-state index contributed by atoms with van der Waals surface area (Å²) in [7, 11) is 0. The molecule has 150 valence electrons. The van der Waals surface area contributed by atoms with Gasteiger partial charge in [0.2, 0.25) is 11.8 Å². The van der Waals surface area contributed by atoms with E-state index in [4.69, 9.17) is 9.40 Å². The van der Waals surface area contributed by atoms with E-state index in [2.05, 4.69) is 15.5 Å². The molecule has 0 saturated carbocycles. The van der Waals surface area contributed by atoms with E-state index in [1.165, 1.54) is 6.42 Å². The molecule has 3 heterocycles. The van der Waals surface area contributed by atoms with Gasteiger partial charge < -0.3 is 15.1 Å². The molecule has 2 aliphatic rings. The Bertz CT molecular complexity index is 783. The maximum Gasteiger partial charge on any atom is 0.237 e. The minimum atomic E-state index is 0.00822. The SMILES string of the molecule is Cc1oc(-c2ccccc2)nc1CN1CCCC(CNC(=O)C2CCCN2)C1. The molecule has 2 aromatic rings. The molecule has 28 heavy (non-hydrogen) atoms. The summed E-state index contributed by atoms with van der Waals surface area (Å²) >= 11 is 0. The molecule has 1 aromatic heterocycles. The number of oxazole rings is 1. The summed E-state index contributed by atoms with van der Waals surface area (Å²) in [6.45, 7) is 6.58. The summed E-state index contributed by atoms with van der Waals surface area (Å²) in [5.74, 6) is 2.24. The molecule has 2 aliphatic heterocycles. The number of nitrogens with one attached hydrogen (secondary N) is 2. The lowest BCUT2D eigenvalue weighted by Gasteiger charge is -2.32. The predicted octanol–water partition coefficient (Wildman–Crippen LogP) is 2.73. The lowest BCUT2D eigenvalue weighted by Crippen LogP contribution is -2.45. The van der Waals surface area contributed by atoms with E-state index in [0.717, 1.165) is 69.0 Å². The zero-order valence-corrected chi connectivity index (χ0v) is 16.6. The topological polar surface area (TPSA) is 70.4 Å². The number of nitrogens with zero attached hydrogens (tertiary/aromatic N) is 2. The Morgan fingerprint density at radius 1 is 1.29 bits per heavy atom. The van der Waals surface area contributed by atoms with Crippen molar-refractivity contribution in [3.8, 4) is 11.5 Å². The molecule has 0 spiro atoms. The highest BCUT2D eigenvalue weighted by Crippen LogP contribution is 2.24. The Morgan fingerprint density at radius 2 is 2.14 bits per heavy atom. The number of carbonyl (C=O) groups is 1. The molecule has 6 heteroatoms. The van der Waals surface area contributed by atoms with Crippen molar-refractivity contribution in [3.05, 3.63) is 41.8 Å². The van der Waals surface area contributed by atoms with Crippen LogP contribution in [0.3, 0.4) is 0 Å². The highest BCUT2D eigenvalue weighted by atomic mass is 16.4. The first-order valence-corrected chi connectivity index (χ1v) is 10.4. The van der Waals surface area contributed by atoms with Gasteiger partial charge in [0.1, 0.15) is 5.76 Å². The molecule has 2 saturated heterocycles. The van der Waals surface area contributed by atoms with Crippen LogP contribution in [0.25, 0.3) is 11.5 Å². The Balaban J connectivity index is 1.31. The first-order chi connectivity index (χ1) is 13.7.